The zero-order chi connectivity index (χ0) is 15.7. The molecular formula is C15H13FN2O4. The maximum absolute atomic E-state index is 13.2. The maximum Gasteiger partial charge on any atom is 0.339 e. The second kappa shape index (κ2) is 5.59. The maximum atomic E-state index is 13.2. The topological polar surface area (TPSA) is 79.5 Å². The van der Waals surface area contributed by atoms with Gasteiger partial charge in [-0.2, -0.15) is 0 Å². The summed E-state index contributed by atoms with van der Waals surface area (Å²) >= 11 is 0. The fourth-order valence-corrected chi connectivity index (χ4v) is 2.26. The van der Waals surface area contributed by atoms with Crippen LogP contribution in [0.15, 0.2) is 29.1 Å². The predicted octanol–water partition coefficient (Wildman–Crippen LogP) is 1.06. The third kappa shape index (κ3) is 2.69. The molecule has 0 unspecified atom stereocenters. The zero-order valence-electron chi connectivity index (χ0n) is 11.6. The van der Waals surface area contributed by atoms with Crippen LogP contribution in [-0.2, 0) is 9.53 Å². The van der Waals surface area contributed by atoms with Gasteiger partial charge in [0.25, 0.3) is 5.91 Å². The van der Waals surface area contributed by atoms with Crippen molar-refractivity contribution in [1.82, 2.24) is 9.88 Å². The lowest BCUT2D eigenvalue weighted by atomic mass is 10.1. The van der Waals surface area contributed by atoms with E-state index in [1.54, 1.807) is 4.90 Å². The number of esters is 1. The summed E-state index contributed by atoms with van der Waals surface area (Å²) in [6.07, 6.45) is 0.948. The number of nitrogens with one attached hydrogen (secondary N) is 1. The number of ether oxygens (including phenoxy) is 1. The van der Waals surface area contributed by atoms with Crippen LogP contribution >= 0.6 is 0 Å². The Hall–Kier alpha value is -2.70. The summed E-state index contributed by atoms with van der Waals surface area (Å²) in [7, 11) is 0. The number of rotatable bonds is 3. The van der Waals surface area contributed by atoms with Gasteiger partial charge in [0.15, 0.2) is 6.61 Å². The first-order chi connectivity index (χ1) is 10.5. The van der Waals surface area contributed by atoms with Crippen molar-refractivity contribution in [2.75, 3.05) is 19.7 Å². The van der Waals surface area contributed by atoms with E-state index in [4.69, 9.17) is 4.74 Å². The molecular weight excluding hydrogens is 291 g/mol. The van der Waals surface area contributed by atoms with Gasteiger partial charge in [-0.1, -0.05) is 0 Å². The Bertz CT molecular complexity index is 811. The van der Waals surface area contributed by atoms with E-state index in [1.807, 2.05) is 0 Å². The van der Waals surface area contributed by atoms with E-state index in [9.17, 15) is 18.8 Å². The van der Waals surface area contributed by atoms with Gasteiger partial charge in [0.1, 0.15) is 5.82 Å². The van der Waals surface area contributed by atoms with Crippen LogP contribution in [0.3, 0.4) is 0 Å². The molecule has 1 N–H and O–H groups in total. The Morgan fingerprint density at radius 2 is 2.05 bits per heavy atom. The second-order valence-corrected chi connectivity index (χ2v) is 5.05. The average Bonchev–Trinajstić information content (AvgIpc) is 2.41. The molecule has 1 saturated heterocycles. The number of H-pyrrole nitrogens is 1. The Morgan fingerprint density at radius 1 is 1.27 bits per heavy atom. The standard InChI is InChI=1S/C15H13FN2O4/c16-9-2-3-10-11(7-13(19)17-12(10)6-9)15(21)22-8-14(20)18-4-1-5-18/h2-3,6-7H,1,4-5,8H2,(H,17,19). The van der Waals surface area contributed by atoms with Crippen molar-refractivity contribution in [3.8, 4) is 0 Å². The number of fused-ring (bicyclic) bond motifs is 1. The lowest BCUT2D eigenvalue weighted by molar-refractivity contribution is -0.137. The molecule has 7 heteroatoms. The van der Waals surface area contributed by atoms with Gasteiger partial charge in [0, 0.05) is 24.5 Å². The van der Waals surface area contributed by atoms with Gasteiger partial charge in [-0.05, 0) is 24.6 Å². The van der Waals surface area contributed by atoms with E-state index in [1.165, 1.54) is 12.1 Å². The van der Waals surface area contributed by atoms with Crippen LogP contribution in [0.5, 0.6) is 0 Å². The first-order valence-corrected chi connectivity index (χ1v) is 6.82. The molecule has 1 aromatic heterocycles. The van der Waals surface area contributed by atoms with E-state index >= 15 is 0 Å². The van der Waals surface area contributed by atoms with E-state index in [-0.39, 0.29) is 23.6 Å². The lowest BCUT2D eigenvalue weighted by Gasteiger charge is -2.30. The fraction of sp³-hybridized carbons (Fsp3) is 0.267. The van der Waals surface area contributed by atoms with Crippen molar-refractivity contribution in [2.24, 2.45) is 0 Å². The van der Waals surface area contributed by atoms with Gasteiger partial charge in [-0.15, -0.1) is 0 Å². The van der Waals surface area contributed by atoms with Gasteiger partial charge in [-0.3, -0.25) is 9.59 Å². The number of pyridine rings is 1. The zero-order valence-corrected chi connectivity index (χ0v) is 11.6. The Labute approximate surface area is 124 Å². The first kappa shape index (κ1) is 14.2. The van der Waals surface area contributed by atoms with Crippen LogP contribution in [0.25, 0.3) is 10.9 Å². The number of benzene rings is 1. The molecule has 2 aromatic rings. The van der Waals surface area contributed by atoms with Crippen LogP contribution in [-0.4, -0.2) is 41.5 Å². The van der Waals surface area contributed by atoms with Crippen molar-refractivity contribution in [2.45, 2.75) is 6.42 Å². The Morgan fingerprint density at radius 3 is 2.73 bits per heavy atom. The molecule has 3 rings (SSSR count). The smallest absolute Gasteiger partial charge is 0.339 e. The van der Waals surface area contributed by atoms with Gasteiger partial charge in [0.2, 0.25) is 5.56 Å². The number of halogens is 1. The number of aromatic nitrogens is 1. The molecule has 1 aliphatic rings. The molecule has 0 aliphatic carbocycles. The molecule has 6 nitrogen and oxygen atoms in total. The summed E-state index contributed by atoms with van der Waals surface area (Å²) in [6.45, 7) is 0.974. The van der Waals surface area contributed by atoms with Crippen LogP contribution < -0.4 is 5.56 Å². The molecule has 1 aromatic carbocycles. The normalized spacial score (nSPS) is 13.8. The number of amides is 1. The van der Waals surface area contributed by atoms with Crippen LogP contribution in [0, 0.1) is 5.82 Å². The number of hydrogen-bond acceptors (Lipinski definition) is 4. The van der Waals surface area contributed by atoms with Crippen molar-refractivity contribution in [3.63, 3.8) is 0 Å². The quantitative estimate of drug-likeness (QED) is 0.860. The summed E-state index contributed by atoms with van der Waals surface area (Å²) in [5.41, 5.74) is -0.331. The van der Waals surface area contributed by atoms with Gasteiger partial charge < -0.3 is 14.6 Å². The minimum Gasteiger partial charge on any atom is -0.452 e. The number of carbonyl (C=O) groups excluding carboxylic acids is 2. The number of carbonyl (C=O) groups is 2. The van der Waals surface area contributed by atoms with Crippen LogP contribution in [0.4, 0.5) is 4.39 Å². The Kier molecular flexibility index (Phi) is 3.62. The number of nitrogens with zero attached hydrogens (tertiary/aromatic N) is 1. The highest BCUT2D eigenvalue weighted by Gasteiger charge is 2.22. The van der Waals surface area contributed by atoms with Crippen LogP contribution in [0.2, 0.25) is 0 Å². The molecule has 0 spiro atoms. The molecule has 0 atom stereocenters. The second-order valence-electron chi connectivity index (χ2n) is 5.05. The number of likely N-dealkylation sites (tertiary alicyclic amines) is 1. The largest absolute Gasteiger partial charge is 0.452 e. The number of aromatic amines is 1. The summed E-state index contributed by atoms with van der Waals surface area (Å²) in [4.78, 5) is 39.3. The van der Waals surface area contributed by atoms with Gasteiger partial charge >= 0.3 is 5.97 Å². The van der Waals surface area contributed by atoms with E-state index in [2.05, 4.69) is 4.98 Å². The van der Waals surface area contributed by atoms with Crippen molar-refractivity contribution < 1.29 is 18.7 Å². The van der Waals surface area contributed by atoms with Gasteiger partial charge in [-0.25, -0.2) is 9.18 Å². The van der Waals surface area contributed by atoms with Crippen LogP contribution in [0.1, 0.15) is 16.8 Å². The summed E-state index contributed by atoms with van der Waals surface area (Å²) in [6, 6.07) is 4.77. The minimum absolute atomic E-state index is 0.00941. The average molecular weight is 304 g/mol. The predicted molar refractivity (Wildman–Crippen MR) is 76.0 cm³/mol. The Balaban J connectivity index is 1.83. The molecule has 22 heavy (non-hydrogen) atoms. The van der Waals surface area contributed by atoms with E-state index in [0.29, 0.717) is 18.5 Å². The molecule has 1 fully saturated rings. The molecule has 0 radical (unpaired) electrons. The fourth-order valence-electron chi connectivity index (χ4n) is 2.26. The van der Waals surface area contributed by atoms with Crippen molar-refractivity contribution >= 4 is 22.8 Å². The monoisotopic (exact) mass is 304 g/mol. The lowest BCUT2D eigenvalue weighted by Crippen LogP contribution is -2.44. The third-order valence-corrected chi connectivity index (χ3v) is 3.56. The van der Waals surface area contributed by atoms with E-state index in [0.717, 1.165) is 18.6 Å². The summed E-state index contributed by atoms with van der Waals surface area (Å²) in [5, 5.41) is 0.363. The first-order valence-electron chi connectivity index (χ1n) is 6.82. The highest BCUT2D eigenvalue weighted by atomic mass is 19.1. The highest BCUT2D eigenvalue weighted by molar-refractivity contribution is 6.03. The molecule has 0 bridgehead atoms. The SMILES string of the molecule is O=C(OCC(=O)N1CCC1)c1cc(=O)[nH]c2cc(F)ccc12. The summed E-state index contributed by atoms with van der Waals surface area (Å²) in [5.74, 6) is -1.57. The highest BCUT2D eigenvalue weighted by Crippen LogP contribution is 2.17. The summed E-state index contributed by atoms with van der Waals surface area (Å²) < 4.78 is 18.2. The van der Waals surface area contributed by atoms with Gasteiger partial charge in [0.05, 0.1) is 11.1 Å². The van der Waals surface area contributed by atoms with E-state index < -0.39 is 17.3 Å². The van der Waals surface area contributed by atoms with Crippen molar-refractivity contribution in [3.05, 3.63) is 46.0 Å². The molecule has 1 amide bonds. The molecule has 2 heterocycles. The minimum atomic E-state index is -0.781. The molecule has 1 aliphatic heterocycles. The molecule has 0 saturated carbocycles. The van der Waals surface area contributed by atoms with Crippen molar-refractivity contribution in [1.29, 1.82) is 0 Å². The number of hydrogen-bond donors (Lipinski definition) is 1. The molecule has 114 valence electrons. The third-order valence-electron chi connectivity index (χ3n) is 3.56.